The Morgan fingerprint density at radius 3 is 2.85 bits per heavy atom. The summed E-state index contributed by atoms with van der Waals surface area (Å²) in [6, 6.07) is 7.71. The summed E-state index contributed by atoms with van der Waals surface area (Å²) in [5, 5.41) is 5.47. The molecule has 2 rings (SSSR count). The van der Waals surface area contributed by atoms with Crippen LogP contribution in [-0.2, 0) is 0 Å². The fourth-order valence-electron chi connectivity index (χ4n) is 1.56. The van der Waals surface area contributed by atoms with Gasteiger partial charge < -0.3 is 10.6 Å². The van der Waals surface area contributed by atoms with Gasteiger partial charge in [0.15, 0.2) is 0 Å². The van der Waals surface area contributed by atoms with E-state index in [4.69, 9.17) is 0 Å². The smallest absolute Gasteiger partial charge is 0.270 e. The van der Waals surface area contributed by atoms with Gasteiger partial charge in [-0.15, -0.1) is 0 Å². The minimum absolute atomic E-state index is 0.180. The zero-order chi connectivity index (χ0) is 14.4. The molecular formula is C14H15FN4O. The van der Waals surface area contributed by atoms with Gasteiger partial charge >= 0.3 is 0 Å². The number of rotatable bonds is 5. The Labute approximate surface area is 116 Å². The van der Waals surface area contributed by atoms with Crippen molar-refractivity contribution in [2.75, 3.05) is 11.9 Å². The van der Waals surface area contributed by atoms with Crippen LogP contribution in [0.3, 0.4) is 0 Å². The molecule has 6 heteroatoms. The van der Waals surface area contributed by atoms with Crippen molar-refractivity contribution < 1.29 is 9.18 Å². The summed E-state index contributed by atoms with van der Waals surface area (Å²) in [7, 11) is 0. The fourth-order valence-corrected chi connectivity index (χ4v) is 1.56. The SMILES string of the molecule is CCCNC(=O)c1ccnc(Nc2ccccc2F)n1. The molecule has 1 aromatic heterocycles. The van der Waals surface area contributed by atoms with Crippen molar-refractivity contribution in [3.63, 3.8) is 0 Å². The first kappa shape index (κ1) is 13.9. The van der Waals surface area contributed by atoms with Crippen LogP contribution in [0.25, 0.3) is 0 Å². The van der Waals surface area contributed by atoms with Gasteiger partial charge in [-0.3, -0.25) is 4.79 Å². The van der Waals surface area contributed by atoms with E-state index in [-0.39, 0.29) is 23.2 Å². The molecule has 0 aliphatic heterocycles. The van der Waals surface area contributed by atoms with E-state index in [0.717, 1.165) is 6.42 Å². The molecule has 0 saturated carbocycles. The molecule has 20 heavy (non-hydrogen) atoms. The normalized spacial score (nSPS) is 10.1. The Bertz CT molecular complexity index is 603. The van der Waals surface area contributed by atoms with Gasteiger partial charge in [0.05, 0.1) is 5.69 Å². The van der Waals surface area contributed by atoms with Crippen LogP contribution in [0.15, 0.2) is 36.5 Å². The lowest BCUT2D eigenvalue weighted by Gasteiger charge is -2.07. The number of carbonyl (C=O) groups is 1. The third-order valence-corrected chi connectivity index (χ3v) is 2.54. The molecule has 0 aliphatic rings. The van der Waals surface area contributed by atoms with Crippen LogP contribution in [0.5, 0.6) is 0 Å². The maximum atomic E-state index is 13.5. The Morgan fingerprint density at radius 2 is 2.10 bits per heavy atom. The average molecular weight is 274 g/mol. The standard InChI is InChI=1S/C14H15FN4O/c1-2-8-16-13(20)12-7-9-17-14(19-12)18-11-6-4-3-5-10(11)15/h3-7,9H,2,8H2,1H3,(H,16,20)(H,17,18,19). The summed E-state index contributed by atoms with van der Waals surface area (Å²) in [4.78, 5) is 19.8. The molecule has 0 radical (unpaired) electrons. The first-order valence-electron chi connectivity index (χ1n) is 6.33. The molecule has 104 valence electrons. The zero-order valence-corrected chi connectivity index (χ0v) is 11.1. The number of amides is 1. The molecule has 0 unspecified atom stereocenters. The van der Waals surface area contributed by atoms with Gasteiger partial charge in [-0.25, -0.2) is 14.4 Å². The first-order chi connectivity index (χ1) is 9.70. The number of nitrogens with one attached hydrogen (secondary N) is 2. The Hall–Kier alpha value is -2.50. The van der Waals surface area contributed by atoms with Crippen molar-refractivity contribution in [2.24, 2.45) is 0 Å². The zero-order valence-electron chi connectivity index (χ0n) is 11.1. The van der Waals surface area contributed by atoms with Crippen molar-refractivity contribution in [3.05, 3.63) is 48.0 Å². The average Bonchev–Trinajstić information content (AvgIpc) is 2.47. The maximum absolute atomic E-state index is 13.5. The summed E-state index contributed by atoms with van der Waals surface area (Å²) in [6.07, 6.45) is 2.30. The Kier molecular flexibility index (Phi) is 4.60. The molecule has 1 amide bonds. The minimum atomic E-state index is -0.406. The molecule has 0 saturated heterocycles. The Balaban J connectivity index is 2.14. The molecule has 0 bridgehead atoms. The van der Waals surface area contributed by atoms with Crippen LogP contribution in [-0.4, -0.2) is 22.4 Å². The second-order valence-electron chi connectivity index (χ2n) is 4.13. The van der Waals surface area contributed by atoms with E-state index >= 15 is 0 Å². The van der Waals surface area contributed by atoms with E-state index in [1.54, 1.807) is 18.2 Å². The molecule has 0 aliphatic carbocycles. The first-order valence-corrected chi connectivity index (χ1v) is 6.33. The molecule has 2 N–H and O–H groups in total. The molecule has 1 aromatic carbocycles. The highest BCUT2D eigenvalue weighted by Crippen LogP contribution is 2.16. The Morgan fingerprint density at radius 1 is 1.30 bits per heavy atom. The highest BCUT2D eigenvalue weighted by Gasteiger charge is 2.09. The monoisotopic (exact) mass is 274 g/mol. The van der Waals surface area contributed by atoms with Gasteiger partial charge in [0.25, 0.3) is 5.91 Å². The molecular weight excluding hydrogens is 259 g/mol. The van der Waals surface area contributed by atoms with Crippen LogP contribution in [0.4, 0.5) is 16.0 Å². The topological polar surface area (TPSA) is 66.9 Å². The predicted molar refractivity (Wildman–Crippen MR) is 74.3 cm³/mol. The van der Waals surface area contributed by atoms with E-state index in [2.05, 4.69) is 20.6 Å². The predicted octanol–water partition coefficient (Wildman–Crippen LogP) is 2.50. The lowest BCUT2D eigenvalue weighted by atomic mass is 10.3. The van der Waals surface area contributed by atoms with E-state index in [1.165, 1.54) is 18.3 Å². The quantitative estimate of drug-likeness (QED) is 0.879. The summed E-state index contributed by atoms with van der Waals surface area (Å²) >= 11 is 0. The van der Waals surface area contributed by atoms with E-state index in [0.29, 0.717) is 6.54 Å². The third-order valence-electron chi connectivity index (χ3n) is 2.54. The molecule has 5 nitrogen and oxygen atoms in total. The highest BCUT2D eigenvalue weighted by atomic mass is 19.1. The second kappa shape index (κ2) is 6.60. The fraction of sp³-hybridized carbons (Fsp3) is 0.214. The van der Waals surface area contributed by atoms with Crippen molar-refractivity contribution >= 4 is 17.5 Å². The van der Waals surface area contributed by atoms with Gasteiger partial charge in [-0.2, -0.15) is 0 Å². The number of hydrogen-bond acceptors (Lipinski definition) is 4. The number of para-hydroxylation sites is 1. The number of aromatic nitrogens is 2. The molecule has 0 atom stereocenters. The molecule has 0 fully saturated rings. The molecule has 0 spiro atoms. The largest absolute Gasteiger partial charge is 0.351 e. The summed E-state index contributed by atoms with van der Waals surface area (Å²) in [5.41, 5.74) is 0.505. The van der Waals surface area contributed by atoms with Crippen LogP contribution in [0.1, 0.15) is 23.8 Å². The third kappa shape index (κ3) is 3.50. The second-order valence-corrected chi connectivity index (χ2v) is 4.13. The van der Waals surface area contributed by atoms with Crippen molar-refractivity contribution in [3.8, 4) is 0 Å². The molecule has 1 heterocycles. The number of halogens is 1. The van der Waals surface area contributed by atoms with E-state index < -0.39 is 5.82 Å². The van der Waals surface area contributed by atoms with E-state index in [1.807, 2.05) is 6.92 Å². The summed E-state index contributed by atoms with van der Waals surface area (Å²) < 4.78 is 13.5. The summed E-state index contributed by atoms with van der Waals surface area (Å²) in [5.74, 6) is -0.498. The number of hydrogen-bond donors (Lipinski definition) is 2. The van der Waals surface area contributed by atoms with Gasteiger partial charge in [0.1, 0.15) is 11.5 Å². The van der Waals surface area contributed by atoms with Crippen LogP contribution < -0.4 is 10.6 Å². The summed E-state index contributed by atoms with van der Waals surface area (Å²) in [6.45, 7) is 2.55. The van der Waals surface area contributed by atoms with Crippen LogP contribution in [0, 0.1) is 5.82 Å². The number of carbonyl (C=O) groups excluding carboxylic acids is 1. The van der Waals surface area contributed by atoms with Crippen molar-refractivity contribution in [2.45, 2.75) is 13.3 Å². The van der Waals surface area contributed by atoms with E-state index in [9.17, 15) is 9.18 Å². The van der Waals surface area contributed by atoms with Gasteiger partial charge in [0, 0.05) is 12.7 Å². The highest BCUT2D eigenvalue weighted by molar-refractivity contribution is 5.92. The minimum Gasteiger partial charge on any atom is -0.351 e. The maximum Gasteiger partial charge on any atom is 0.270 e. The van der Waals surface area contributed by atoms with Crippen LogP contribution >= 0.6 is 0 Å². The van der Waals surface area contributed by atoms with Crippen molar-refractivity contribution in [1.82, 2.24) is 15.3 Å². The number of anilines is 2. The van der Waals surface area contributed by atoms with Gasteiger partial charge in [0.2, 0.25) is 5.95 Å². The van der Waals surface area contributed by atoms with Gasteiger partial charge in [-0.1, -0.05) is 19.1 Å². The number of nitrogens with zero attached hydrogens (tertiary/aromatic N) is 2. The lowest BCUT2D eigenvalue weighted by Crippen LogP contribution is -2.25. The van der Waals surface area contributed by atoms with Crippen molar-refractivity contribution in [1.29, 1.82) is 0 Å². The van der Waals surface area contributed by atoms with Gasteiger partial charge in [-0.05, 0) is 24.6 Å². The van der Waals surface area contributed by atoms with Crippen LogP contribution in [0.2, 0.25) is 0 Å². The number of benzene rings is 1. The molecule has 2 aromatic rings. The lowest BCUT2D eigenvalue weighted by molar-refractivity contribution is 0.0948.